The van der Waals surface area contributed by atoms with Crippen LogP contribution in [0.4, 0.5) is 5.69 Å². The monoisotopic (exact) mass is 250 g/mol. The number of ether oxygens (including phenoxy) is 1. The number of hydrogen-bond donors (Lipinski definition) is 0. The summed E-state index contributed by atoms with van der Waals surface area (Å²) >= 11 is 5.08. The van der Waals surface area contributed by atoms with Gasteiger partial charge in [-0.15, -0.1) is 0 Å². The quantitative estimate of drug-likeness (QED) is 0.459. The molecule has 17 heavy (non-hydrogen) atoms. The molecule has 1 aliphatic heterocycles. The molecule has 0 saturated heterocycles. The molecule has 0 spiro atoms. The molecule has 0 bridgehead atoms. The smallest absolute Gasteiger partial charge is 0.269 e. The van der Waals surface area contributed by atoms with Gasteiger partial charge in [-0.05, 0) is 26.0 Å². The van der Waals surface area contributed by atoms with Crippen molar-refractivity contribution in [2.75, 3.05) is 0 Å². The van der Waals surface area contributed by atoms with Gasteiger partial charge in [0, 0.05) is 17.7 Å². The zero-order chi connectivity index (χ0) is 12.6. The second-order valence-electron chi connectivity index (χ2n) is 4.14. The highest BCUT2D eigenvalue weighted by Gasteiger charge is 2.34. The summed E-state index contributed by atoms with van der Waals surface area (Å²) in [5.74, 6) is 0.412. The molecule has 6 heteroatoms. The van der Waals surface area contributed by atoms with Crippen LogP contribution < -0.4 is 0 Å². The van der Waals surface area contributed by atoms with Crippen molar-refractivity contribution in [2.45, 2.75) is 19.4 Å². The first kappa shape index (κ1) is 11.7. The second-order valence-corrected chi connectivity index (χ2v) is 4.53. The van der Waals surface area contributed by atoms with Crippen LogP contribution in [0.3, 0.4) is 0 Å². The normalized spacial score (nSPS) is 17.5. The first-order valence-corrected chi connectivity index (χ1v) is 5.38. The molecular formula is C11H10N2O3S. The zero-order valence-electron chi connectivity index (χ0n) is 9.34. The van der Waals surface area contributed by atoms with Gasteiger partial charge in [0.1, 0.15) is 0 Å². The van der Waals surface area contributed by atoms with E-state index in [1.165, 1.54) is 12.1 Å². The molecule has 0 fully saturated rings. The summed E-state index contributed by atoms with van der Waals surface area (Å²) in [6.07, 6.45) is 0. The predicted molar refractivity (Wildman–Crippen MR) is 67.4 cm³/mol. The lowest BCUT2D eigenvalue weighted by Gasteiger charge is -2.17. The summed E-state index contributed by atoms with van der Waals surface area (Å²) in [5, 5.41) is 10.5. The summed E-state index contributed by atoms with van der Waals surface area (Å²) in [6.45, 7) is 3.66. The van der Waals surface area contributed by atoms with Crippen LogP contribution in [0.1, 0.15) is 19.4 Å². The molecule has 0 aliphatic carbocycles. The molecule has 0 N–H and O–H groups in total. The Balaban J connectivity index is 2.29. The highest BCUT2D eigenvalue weighted by molar-refractivity contribution is 7.80. The zero-order valence-corrected chi connectivity index (χ0v) is 10.2. The van der Waals surface area contributed by atoms with Gasteiger partial charge in [-0.2, -0.15) is 0 Å². The van der Waals surface area contributed by atoms with Gasteiger partial charge in [-0.1, -0.05) is 12.2 Å². The topological polar surface area (TPSA) is 64.7 Å². The standard InChI is InChI=1S/C11H10N2O3S/c1-11(2)10(17)12-9(16-11)7-3-5-8(6-4-7)13(14)15/h3-6H,1-2H3. The molecule has 1 aromatic carbocycles. The van der Waals surface area contributed by atoms with Crippen LogP contribution in [-0.2, 0) is 4.74 Å². The Bertz CT molecular complexity index is 520. The Morgan fingerprint density at radius 2 is 1.94 bits per heavy atom. The van der Waals surface area contributed by atoms with Crippen LogP contribution in [0.2, 0.25) is 0 Å². The summed E-state index contributed by atoms with van der Waals surface area (Å²) in [7, 11) is 0. The summed E-state index contributed by atoms with van der Waals surface area (Å²) in [5.41, 5.74) is 0.129. The Morgan fingerprint density at radius 3 is 2.35 bits per heavy atom. The fourth-order valence-electron chi connectivity index (χ4n) is 1.38. The lowest BCUT2D eigenvalue weighted by molar-refractivity contribution is -0.384. The second kappa shape index (κ2) is 3.89. The van der Waals surface area contributed by atoms with Crippen molar-refractivity contribution < 1.29 is 9.66 Å². The van der Waals surface area contributed by atoms with E-state index >= 15 is 0 Å². The maximum absolute atomic E-state index is 10.5. The summed E-state index contributed by atoms with van der Waals surface area (Å²) in [6, 6.07) is 6.02. The van der Waals surface area contributed by atoms with E-state index in [1.807, 2.05) is 13.8 Å². The molecule has 0 amide bonds. The average molecular weight is 250 g/mol. The van der Waals surface area contributed by atoms with Crippen molar-refractivity contribution in [3.8, 4) is 0 Å². The van der Waals surface area contributed by atoms with Gasteiger partial charge in [0.15, 0.2) is 10.6 Å². The van der Waals surface area contributed by atoms with Crippen LogP contribution in [0.5, 0.6) is 0 Å². The summed E-state index contributed by atoms with van der Waals surface area (Å²) < 4.78 is 5.59. The van der Waals surface area contributed by atoms with Gasteiger partial charge in [-0.3, -0.25) is 10.1 Å². The molecule has 1 aliphatic rings. The first-order valence-electron chi connectivity index (χ1n) is 4.97. The van der Waals surface area contributed by atoms with Crippen molar-refractivity contribution in [2.24, 2.45) is 4.99 Å². The molecule has 0 unspecified atom stereocenters. The third-order valence-electron chi connectivity index (χ3n) is 2.40. The molecular weight excluding hydrogens is 240 g/mol. The third-order valence-corrected chi connectivity index (χ3v) is 2.98. The number of benzene rings is 1. The number of rotatable bonds is 2. The van der Waals surface area contributed by atoms with E-state index in [4.69, 9.17) is 17.0 Å². The van der Waals surface area contributed by atoms with Crippen LogP contribution in [0.15, 0.2) is 29.3 Å². The van der Waals surface area contributed by atoms with E-state index < -0.39 is 10.5 Å². The van der Waals surface area contributed by atoms with E-state index in [0.29, 0.717) is 16.4 Å². The maximum Gasteiger partial charge on any atom is 0.269 e. The Kier molecular flexibility index (Phi) is 2.66. The summed E-state index contributed by atoms with van der Waals surface area (Å²) in [4.78, 5) is 14.7. The molecule has 0 aromatic heterocycles. The number of non-ortho nitro benzene ring substituents is 1. The Hall–Kier alpha value is -1.82. The minimum atomic E-state index is -0.591. The van der Waals surface area contributed by atoms with E-state index in [1.54, 1.807) is 12.1 Å². The molecule has 0 atom stereocenters. The Morgan fingerprint density at radius 1 is 1.35 bits per heavy atom. The van der Waals surface area contributed by atoms with Crippen molar-refractivity contribution in [3.63, 3.8) is 0 Å². The van der Waals surface area contributed by atoms with Gasteiger partial charge >= 0.3 is 0 Å². The molecule has 1 aromatic rings. The van der Waals surface area contributed by atoms with Crippen LogP contribution in [0, 0.1) is 10.1 Å². The fourth-order valence-corrected chi connectivity index (χ4v) is 1.51. The van der Waals surface area contributed by atoms with Gasteiger partial charge in [0.25, 0.3) is 5.69 Å². The molecule has 5 nitrogen and oxygen atoms in total. The fraction of sp³-hybridized carbons (Fsp3) is 0.273. The van der Waals surface area contributed by atoms with Crippen molar-refractivity contribution in [1.82, 2.24) is 0 Å². The van der Waals surface area contributed by atoms with Gasteiger partial charge < -0.3 is 4.74 Å². The molecule has 88 valence electrons. The van der Waals surface area contributed by atoms with E-state index in [2.05, 4.69) is 4.99 Å². The minimum Gasteiger partial charge on any atom is -0.464 e. The number of nitro groups is 1. The molecule has 1 heterocycles. The van der Waals surface area contributed by atoms with Crippen LogP contribution in [0.25, 0.3) is 0 Å². The number of hydrogen-bond acceptors (Lipinski definition) is 4. The maximum atomic E-state index is 10.5. The first-order chi connectivity index (χ1) is 7.90. The van der Waals surface area contributed by atoms with Crippen LogP contribution >= 0.6 is 12.2 Å². The largest absolute Gasteiger partial charge is 0.464 e. The third kappa shape index (κ3) is 2.16. The number of aliphatic imine (C=N–C) groups is 1. The van der Waals surface area contributed by atoms with E-state index in [9.17, 15) is 10.1 Å². The minimum absolute atomic E-state index is 0.0363. The molecule has 2 rings (SSSR count). The Labute approximate surface area is 103 Å². The highest BCUT2D eigenvalue weighted by Crippen LogP contribution is 2.24. The van der Waals surface area contributed by atoms with Gasteiger partial charge in [0.05, 0.1) is 4.92 Å². The van der Waals surface area contributed by atoms with Crippen LogP contribution in [-0.4, -0.2) is 21.4 Å². The van der Waals surface area contributed by atoms with Crippen molar-refractivity contribution in [1.29, 1.82) is 0 Å². The lowest BCUT2D eigenvalue weighted by Crippen LogP contribution is -2.27. The van der Waals surface area contributed by atoms with E-state index in [0.717, 1.165) is 0 Å². The SMILES string of the molecule is CC1(C)OC(c2ccc([N+](=O)[O-])cc2)=NC1=S. The number of nitro benzene ring substituents is 1. The van der Waals surface area contributed by atoms with E-state index in [-0.39, 0.29) is 5.69 Å². The average Bonchev–Trinajstić information content (AvgIpc) is 2.54. The van der Waals surface area contributed by atoms with Gasteiger partial charge in [-0.25, -0.2) is 4.99 Å². The molecule has 0 saturated carbocycles. The number of nitrogens with zero attached hydrogens (tertiary/aromatic N) is 2. The predicted octanol–water partition coefficient (Wildman–Crippen LogP) is 2.48. The highest BCUT2D eigenvalue weighted by atomic mass is 32.1. The van der Waals surface area contributed by atoms with Gasteiger partial charge in [0.2, 0.25) is 5.90 Å². The lowest BCUT2D eigenvalue weighted by atomic mass is 10.1. The number of thiocarbonyl (C=S) groups is 1. The van der Waals surface area contributed by atoms with Crippen molar-refractivity contribution in [3.05, 3.63) is 39.9 Å². The van der Waals surface area contributed by atoms with Crippen molar-refractivity contribution >= 4 is 28.8 Å². The molecule has 0 radical (unpaired) electrons.